The Morgan fingerprint density at radius 3 is 3.19 bits per heavy atom. The van der Waals surface area contributed by atoms with Crippen LogP contribution in [-0.2, 0) is 13.0 Å². The Morgan fingerprint density at radius 2 is 2.33 bits per heavy atom. The molecule has 2 N–H and O–H groups in total. The van der Waals surface area contributed by atoms with Crippen LogP contribution in [0.5, 0.6) is 0 Å². The van der Waals surface area contributed by atoms with E-state index in [2.05, 4.69) is 28.6 Å². The number of carbonyl (C=O) groups is 1. The summed E-state index contributed by atoms with van der Waals surface area (Å²) in [5.74, 6) is 0.0905. The van der Waals surface area contributed by atoms with E-state index >= 15 is 0 Å². The summed E-state index contributed by atoms with van der Waals surface area (Å²) in [5, 5.41) is 6.51. The van der Waals surface area contributed by atoms with Crippen LogP contribution in [-0.4, -0.2) is 43.5 Å². The summed E-state index contributed by atoms with van der Waals surface area (Å²) < 4.78 is 0. The lowest BCUT2D eigenvalue weighted by molar-refractivity contribution is 0.0927. The first-order chi connectivity index (χ1) is 10.3. The Labute approximate surface area is 126 Å². The van der Waals surface area contributed by atoms with Gasteiger partial charge in [0.05, 0.1) is 0 Å². The molecular formula is C17H25N3O. The van der Waals surface area contributed by atoms with Crippen molar-refractivity contribution in [3.63, 3.8) is 0 Å². The molecule has 0 bridgehead atoms. The monoisotopic (exact) mass is 287 g/mol. The van der Waals surface area contributed by atoms with Crippen LogP contribution in [0.25, 0.3) is 0 Å². The molecule has 1 amide bonds. The van der Waals surface area contributed by atoms with Crippen LogP contribution in [0.15, 0.2) is 18.2 Å². The maximum atomic E-state index is 12.5. The lowest BCUT2D eigenvalue weighted by Crippen LogP contribution is -2.44. The zero-order chi connectivity index (χ0) is 14.7. The van der Waals surface area contributed by atoms with Crippen LogP contribution in [0.3, 0.4) is 0 Å². The largest absolute Gasteiger partial charge is 0.350 e. The predicted octanol–water partition coefficient (Wildman–Crippen LogP) is 1.55. The second-order valence-corrected chi connectivity index (χ2v) is 6.21. The highest BCUT2D eigenvalue weighted by Gasteiger charge is 2.21. The third-order valence-electron chi connectivity index (χ3n) is 4.80. The molecule has 0 aliphatic carbocycles. The average Bonchev–Trinajstić information content (AvgIpc) is 2.53. The highest BCUT2D eigenvalue weighted by molar-refractivity contribution is 5.96. The van der Waals surface area contributed by atoms with E-state index in [1.54, 1.807) is 0 Å². The van der Waals surface area contributed by atoms with E-state index in [0.29, 0.717) is 6.04 Å². The number of benzene rings is 1. The molecule has 21 heavy (non-hydrogen) atoms. The van der Waals surface area contributed by atoms with Gasteiger partial charge in [-0.05, 0) is 56.6 Å². The van der Waals surface area contributed by atoms with Gasteiger partial charge < -0.3 is 15.5 Å². The van der Waals surface area contributed by atoms with Gasteiger partial charge in [0.25, 0.3) is 5.91 Å². The molecule has 0 radical (unpaired) electrons. The number of hydrogen-bond donors (Lipinski definition) is 2. The number of nitrogens with one attached hydrogen (secondary N) is 2. The number of hydrogen-bond acceptors (Lipinski definition) is 3. The third kappa shape index (κ3) is 3.27. The van der Waals surface area contributed by atoms with Gasteiger partial charge in [-0.1, -0.05) is 18.6 Å². The predicted molar refractivity (Wildman–Crippen MR) is 84.5 cm³/mol. The minimum Gasteiger partial charge on any atom is -0.350 e. The summed E-state index contributed by atoms with van der Waals surface area (Å²) in [6.07, 6.45) is 4.69. The van der Waals surface area contributed by atoms with Gasteiger partial charge in [-0.15, -0.1) is 0 Å². The van der Waals surface area contributed by atoms with E-state index < -0.39 is 0 Å². The van der Waals surface area contributed by atoms with E-state index in [-0.39, 0.29) is 5.91 Å². The van der Waals surface area contributed by atoms with Gasteiger partial charge in [-0.25, -0.2) is 0 Å². The Kier molecular flexibility index (Phi) is 4.56. The van der Waals surface area contributed by atoms with Crippen LogP contribution in [0.2, 0.25) is 0 Å². The van der Waals surface area contributed by atoms with E-state index in [1.807, 2.05) is 12.1 Å². The van der Waals surface area contributed by atoms with Gasteiger partial charge in [-0.3, -0.25) is 4.79 Å². The van der Waals surface area contributed by atoms with Crippen molar-refractivity contribution >= 4 is 5.91 Å². The highest BCUT2D eigenvalue weighted by atomic mass is 16.1. The molecule has 1 fully saturated rings. The summed E-state index contributed by atoms with van der Waals surface area (Å²) in [7, 11) is 2.16. The van der Waals surface area contributed by atoms with E-state index in [9.17, 15) is 4.79 Å². The lowest BCUT2D eigenvalue weighted by Gasteiger charge is -2.32. The molecule has 1 unspecified atom stereocenters. The van der Waals surface area contributed by atoms with Crippen molar-refractivity contribution < 1.29 is 4.79 Å². The fourth-order valence-corrected chi connectivity index (χ4v) is 3.45. The van der Waals surface area contributed by atoms with Gasteiger partial charge in [0.15, 0.2) is 0 Å². The molecule has 4 heteroatoms. The average molecular weight is 287 g/mol. The quantitative estimate of drug-likeness (QED) is 0.886. The molecule has 1 atom stereocenters. The maximum Gasteiger partial charge on any atom is 0.251 e. The first-order valence-electron chi connectivity index (χ1n) is 8.05. The minimum absolute atomic E-state index is 0.0905. The minimum atomic E-state index is 0.0905. The Balaban J connectivity index is 1.65. The first-order valence-corrected chi connectivity index (χ1v) is 8.05. The van der Waals surface area contributed by atoms with Crippen molar-refractivity contribution in [1.29, 1.82) is 0 Å². The van der Waals surface area contributed by atoms with Gasteiger partial charge in [0.2, 0.25) is 0 Å². The molecule has 2 aliphatic rings. The van der Waals surface area contributed by atoms with Crippen molar-refractivity contribution in [2.75, 3.05) is 26.7 Å². The van der Waals surface area contributed by atoms with Crippen molar-refractivity contribution in [2.45, 2.75) is 38.3 Å². The van der Waals surface area contributed by atoms with Gasteiger partial charge in [0, 0.05) is 24.7 Å². The summed E-state index contributed by atoms with van der Waals surface area (Å²) in [6, 6.07) is 6.56. The first kappa shape index (κ1) is 14.5. The van der Waals surface area contributed by atoms with Crippen molar-refractivity contribution in [1.82, 2.24) is 15.5 Å². The second kappa shape index (κ2) is 6.58. The Morgan fingerprint density at radius 1 is 1.43 bits per heavy atom. The van der Waals surface area contributed by atoms with E-state index in [0.717, 1.165) is 38.2 Å². The van der Waals surface area contributed by atoms with Gasteiger partial charge >= 0.3 is 0 Å². The summed E-state index contributed by atoms with van der Waals surface area (Å²) >= 11 is 0. The zero-order valence-corrected chi connectivity index (χ0v) is 12.8. The van der Waals surface area contributed by atoms with Crippen molar-refractivity contribution in [2.24, 2.45) is 0 Å². The number of carbonyl (C=O) groups excluding carboxylic acids is 1. The summed E-state index contributed by atoms with van der Waals surface area (Å²) in [4.78, 5) is 14.9. The molecule has 114 valence electrons. The molecular weight excluding hydrogens is 262 g/mol. The molecule has 2 heterocycles. The normalized spacial score (nSPS) is 22.6. The molecule has 0 spiro atoms. The molecule has 1 saturated heterocycles. The smallest absolute Gasteiger partial charge is 0.251 e. The topological polar surface area (TPSA) is 44.4 Å². The van der Waals surface area contributed by atoms with Crippen LogP contribution < -0.4 is 10.6 Å². The van der Waals surface area contributed by atoms with Crippen LogP contribution >= 0.6 is 0 Å². The maximum absolute atomic E-state index is 12.5. The van der Waals surface area contributed by atoms with Crippen molar-refractivity contribution in [3.8, 4) is 0 Å². The van der Waals surface area contributed by atoms with Crippen LogP contribution in [0.4, 0.5) is 0 Å². The molecule has 0 aromatic heterocycles. The Hall–Kier alpha value is -1.39. The SMILES string of the molecule is CN1CCCCC1CNC(=O)c1cccc2c1CCNC2. The molecule has 3 rings (SSSR count). The van der Waals surface area contributed by atoms with E-state index in [4.69, 9.17) is 0 Å². The Bertz CT molecular complexity index is 515. The molecule has 1 aromatic rings. The lowest BCUT2D eigenvalue weighted by atomic mass is 9.95. The van der Waals surface area contributed by atoms with Gasteiger partial charge in [0.1, 0.15) is 0 Å². The fraction of sp³-hybridized carbons (Fsp3) is 0.588. The fourth-order valence-electron chi connectivity index (χ4n) is 3.45. The third-order valence-corrected chi connectivity index (χ3v) is 4.80. The zero-order valence-electron chi connectivity index (χ0n) is 12.8. The van der Waals surface area contributed by atoms with Gasteiger partial charge in [-0.2, -0.15) is 0 Å². The van der Waals surface area contributed by atoms with Crippen LogP contribution in [0, 0.1) is 0 Å². The highest BCUT2D eigenvalue weighted by Crippen LogP contribution is 2.19. The number of rotatable bonds is 3. The standard InChI is InChI=1S/C17H25N3O/c1-20-10-3-2-6-14(20)12-19-17(21)16-7-4-5-13-11-18-9-8-15(13)16/h4-5,7,14,18H,2-3,6,8-12H2,1H3,(H,19,21). The van der Waals surface area contributed by atoms with Crippen LogP contribution in [0.1, 0.15) is 40.7 Å². The van der Waals surface area contributed by atoms with Crippen molar-refractivity contribution in [3.05, 3.63) is 34.9 Å². The second-order valence-electron chi connectivity index (χ2n) is 6.21. The summed E-state index contributed by atoms with van der Waals surface area (Å²) in [6.45, 7) is 3.74. The van der Waals surface area contributed by atoms with E-state index in [1.165, 1.54) is 30.4 Å². The number of likely N-dealkylation sites (N-methyl/N-ethyl adjacent to an activating group) is 1. The molecule has 2 aliphatic heterocycles. The number of likely N-dealkylation sites (tertiary alicyclic amines) is 1. The number of amides is 1. The number of piperidine rings is 1. The molecule has 1 aromatic carbocycles. The molecule has 0 saturated carbocycles. The molecule has 4 nitrogen and oxygen atoms in total. The number of fused-ring (bicyclic) bond motifs is 1. The summed E-state index contributed by atoms with van der Waals surface area (Å²) in [5.41, 5.74) is 3.36. The number of nitrogens with zero attached hydrogens (tertiary/aromatic N) is 1.